The molecule has 0 bridgehead atoms. The van der Waals surface area contributed by atoms with Crippen LogP contribution in [0.4, 0.5) is 5.69 Å². The number of anilines is 1. The molecule has 0 aliphatic rings. The van der Waals surface area contributed by atoms with Crippen LogP contribution in [0.5, 0.6) is 0 Å². The van der Waals surface area contributed by atoms with Crippen molar-refractivity contribution in [2.45, 2.75) is 6.92 Å². The highest BCUT2D eigenvalue weighted by molar-refractivity contribution is 7.92. The van der Waals surface area contributed by atoms with E-state index in [1.807, 2.05) is 0 Å². The van der Waals surface area contributed by atoms with E-state index in [1.54, 1.807) is 25.1 Å². The molecule has 2 rings (SSSR count). The summed E-state index contributed by atoms with van der Waals surface area (Å²) in [6, 6.07) is 4.80. The first kappa shape index (κ1) is 13.4. The lowest BCUT2D eigenvalue weighted by Crippen LogP contribution is -2.17. The van der Waals surface area contributed by atoms with Gasteiger partial charge in [-0.15, -0.1) is 0 Å². The highest BCUT2D eigenvalue weighted by Gasteiger charge is 2.14. The fourth-order valence-electron chi connectivity index (χ4n) is 1.65. The van der Waals surface area contributed by atoms with Crippen molar-refractivity contribution in [3.63, 3.8) is 0 Å². The first-order valence-corrected chi connectivity index (χ1v) is 7.36. The van der Waals surface area contributed by atoms with Gasteiger partial charge in [-0.1, -0.05) is 0 Å². The van der Waals surface area contributed by atoms with Crippen molar-refractivity contribution in [2.75, 3.05) is 17.5 Å². The third-order valence-electron chi connectivity index (χ3n) is 2.70. The highest BCUT2D eigenvalue weighted by Crippen LogP contribution is 2.25. The summed E-state index contributed by atoms with van der Waals surface area (Å²) in [5.74, 6) is -0.257. The number of amides is 1. The van der Waals surface area contributed by atoms with Crippen molar-refractivity contribution in [3.8, 4) is 0 Å². The van der Waals surface area contributed by atoms with Crippen molar-refractivity contribution in [3.05, 3.63) is 30.0 Å². The summed E-state index contributed by atoms with van der Waals surface area (Å²) in [5, 5.41) is 3.15. The maximum Gasteiger partial charge on any atom is 0.254 e. The molecule has 0 spiro atoms. The first-order chi connectivity index (χ1) is 8.96. The molecule has 0 saturated carbocycles. The second-order valence-corrected chi connectivity index (χ2v) is 5.96. The lowest BCUT2D eigenvalue weighted by Gasteiger charge is -2.05. The van der Waals surface area contributed by atoms with E-state index in [2.05, 4.69) is 10.0 Å². The molecule has 0 atom stereocenters. The molecule has 2 N–H and O–H groups in total. The predicted molar refractivity (Wildman–Crippen MR) is 72.7 cm³/mol. The fourth-order valence-corrected chi connectivity index (χ4v) is 2.28. The molecule has 0 radical (unpaired) electrons. The van der Waals surface area contributed by atoms with Crippen molar-refractivity contribution in [2.24, 2.45) is 0 Å². The molecule has 0 aliphatic carbocycles. The molecule has 0 unspecified atom stereocenters. The second kappa shape index (κ2) is 4.93. The molecule has 1 amide bonds. The smallest absolute Gasteiger partial charge is 0.254 e. The number of hydrogen-bond donors (Lipinski definition) is 2. The number of fused-ring (bicyclic) bond motifs is 1. The number of rotatable bonds is 4. The Bertz CT molecular complexity index is 718. The standard InChI is InChI=1S/C12H14N2O4S/c1-3-19(16,17)14-8-4-5-9-10(12(15)13-2)7-18-11(9)6-8/h4-7,14H,3H2,1-2H3,(H,13,15). The predicted octanol–water partition coefficient (Wildman–Crippen LogP) is 1.55. The number of benzene rings is 1. The summed E-state index contributed by atoms with van der Waals surface area (Å²) in [5.41, 5.74) is 1.28. The average Bonchev–Trinajstić information content (AvgIpc) is 2.80. The zero-order valence-corrected chi connectivity index (χ0v) is 11.4. The molecule has 6 nitrogen and oxygen atoms in total. The molecule has 0 saturated heterocycles. The minimum atomic E-state index is -3.33. The Kier molecular flexibility index (Phi) is 3.48. The second-order valence-electron chi connectivity index (χ2n) is 3.94. The van der Waals surface area contributed by atoms with Crippen molar-refractivity contribution >= 4 is 32.6 Å². The number of furan rings is 1. The number of carbonyl (C=O) groups excluding carboxylic acids is 1. The van der Waals surface area contributed by atoms with E-state index in [0.717, 1.165) is 0 Å². The molecule has 102 valence electrons. The third kappa shape index (κ3) is 2.70. The van der Waals surface area contributed by atoms with E-state index in [1.165, 1.54) is 13.3 Å². The van der Waals surface area contributed by atoms with Gasteiger partial charge in [0, 0.05) is 18.5 Å². The Morgan fingerprint density at radius 3 is 2.74 bits per heavy atom. The average molecular weight is 282 g/mol. The molecular weight excluding hydrogens is 268 g/mol. The molecule has 0 fully saturated rings. The molecule has 1 aromatic heterocycles. The van der Waals surface area contributed by atoms with Crippen molar-refractivity contribution < 1.29 is 17.6 Å². The van der Waals surface area contributed by atoms with Crippen LogP contribution in [0.3, 0.4) is 0 Å². The maximum absolute atomic E-state index is 11.6. The highest BCUT2D eigenvalue weighted by atomic mass is 32.2. The monoisotopic (exact) mass is 282 g/mol. The van der Waals surface area contributed by atoms with Gasteiger partial charge < -0.3 is 9.73 Å². The van der Waals surface area contributed by atoms with Crippen LogP contribution in [0.25, 0.3) is 11.0 Å². The fraction of sp³-hybridized carbons (Fsp3) is 0.250. The summed E-state index contributed by atoms with van der Waals surface area (Å²) in [7, 11) is -1.79. The number of carbonyl (C=O) groups is 1. The topological polar surface area (TPSA) is 88.4 Å². The van der Waals surface area contributed by atoms with E-state index < -0.39 is 10.0 Å². The molecule has 19 heavy (non-hydrogen) atoms. The van der Waals surface area contributed by atoms with Gasteiger partial charge in [0.15, 0.2) is 0 Å². The summed E-state index contributed by atoms with van der Waals surface area (Å²) in [6.45, 7) is 1.55. The van der Waals surface area contributed by atoms with Crippen molar-refractivity contribution in [1.82, 2.24) is 5.32 Å². The normalized spacial score (nSPS) is 11.5. The van der Waals surface area contributed by atoms with E-state index >= 15 is 0 Å². The van der Waals surface area contributed by atoms with Gasteiger partial charge in [-0.05, 0) is 19.1 Å². The van der Waals surface area contributed by atoms with Crippen LogP contribution >= 0.6 is 0 Å². The minimum absolute atomic E-state index is 0.00726. The van der Waals surface area contributed by atoms with E-state index in [0.29, 0.717) is 22.2 Å². The van der Waals surface area contributed by atoms with Gasteiger partial charge in [0.2, 0.25) is 10.0 Å². The number of nitrogens with one attached hydrogen (secondary N) is 2. The Balaban J connectivity index is 2.41. The van der Waals surface area contributed by atoms with Gasteiger partial charge in [0.25, 0.3) is 5.91 Å². The third-order valence-corrected chi connectivity index (χ3v) is 4.01. The summed E-state index contributed by atoms with van der Waals surface area (Å²) in [6.07, 6.45) is 1.35. The molecule has 1 aromatic carbocycles. The van der Waals surface area contributed by atoms with Gasteiger partial charge >= 0.3 is 0 Å². The van der Waals surface area contributed by atoms with E-state index in [4.69, 9.17) is 4.42 Å². The molecule has 7 heteroatoms. The van der Waals surface area contributed by atoms with Gasteiger partial charge in [-0.3, -0.25) is 9.52 Å². The minimum Gasteiger partial charge on any atom is -0.463 e. The molecular formula is C12H14N2O4S. The van der Waals surface area contributed by atoms with Crippen LogP contribution in [0.15, 0.2) is 28.9 Å². The first-order valence-electron chi connectivity index (χ1n) is 5.70. The summed E-state index contributed by atoms with van der Waals surface area (Å²) in [4.78, 5) is 11.6. The Morgan fingerprint density at radius 1 is 1.37 bits per heavy atom. The van der Waals surface area contributed by atoms with Crippen molar-refractivity contribution in [1.29, 1.82) is 0 Å². The van der Waals surface area contributed by atoms with Gasteiger partial charge in [0.05, 0.1) is 17.0 Å². The van der Waals surface area contributed by atoms with Gasteiger partial charge in [-0.25, -0.2) is 8.42 Å². The van der Waals surface area contributed by atoms with Gasteiger partial charge in [0.1, 0.15) is 11.8 Å². The lowest BCUT2D eigenvalue weighted by molar-refractivity contribution is 0.0964. The number of sulfonamides is 1. The zero-order chi connectivity index (χ0) is 14.0. The number of hydrogen-bond acceptors (Lipinski definition) is 4. The van der Waals surface area contributed by atoms with Crippen LogP contribution < -0.4 is 10.0 Å². The largest absolute Gasteiger partial charge is 0.463 e. The lowest BCUT2D eigenvalue weighted by atomic mass is 10.1. The van der Waals surface area contributed by atoms with Crippen LogP contribution in [-0.4, -0.2) is 27.1 Å². The SMILES string of the molecule is CCS(=O)(=O)Nc1ccc2c(C(=O)NC)coc2c1. The van der Waals surface area contributed by atoms with Crippen LogP contribution in [0.2, 0.25) is 0 Å². The Morgan fingerprint density at radius 2 is 2.11 bits per heavy atom. The summed E-state index contributed by atoms with van der Waals surface area (Å²) >= 11 is 0. The summed E-state index contributed by atoms with van der Waals surface area (Å²) < 4.78 is 30.6. The maximum atomic E-state index is 11.6. The van der Waals surface area contributed by atoms with Crippen LogP contribution in [0.1, 0.15) is 17.3 Å². The molecule has 2 aromatic rings. The molecule has 0 aliphatic heterocycles. The Labute approximate surface area is 110 Å². The zero-order valence-electron chi connectivity index (χ0n) is 10.6. The van der Waals surface area contributed by atoms with E-state index in [9.17, 15) is 13.2 Å². The molecule has 1 heterocycles. The van der Waals surface area contributed by atoms with E-state index in [-0.39, 0.29) is 11.7 Å². The van der Waals surface area contributed by atoms with Crippen LogP contribution in [-0.2, 0) is 10.0 Å². The van der Waals surface area contributed by atoms with Crippen LogP contribution in [0, 0.1) is 0 Å². The Hall–Kier alpha value is -2.02. The quantitative estimate of drug-likeness (QED) is 0.890. The van der Waals surface area contributed by atoms with Gasteiger partial charge in [-0.2, -0.15) is 0 Å².